The summed E-state index contributed by atoms with van der Waals surface area (Å²) in [5, 5.41) is 3.11. The van der Waals surface area contributed by atoms with E-state index in [-0.39, 0.29) is 0 Å². The normalized spacial score (nSPS) is 14.2. The van der Waals surface area contributed by atoms with Crippen molar-refractivity contribution in [2.24, 2.45) is 0 Å². The van der Waals surface area contributed by atoms with Crippen molar-refractivity contribution in [2.45, 2.75) is 32.1 Å². The number of hydrogen-bond donors (Lipinski definition) is 1. The van der Waals surface area contributed by atoms with Crippen LogP contribution < -0.4 is 10.1 Å². The molecule has 0 aromatic carbocycles. The van der Waals surface area contributed by atoms with Gasteiger partial charge in [-0.15, -0.1) is 0 Å². The average molecular weight is 295 g/mol. The summed E-state index contributed by atoms with van der Waals surface area (Å²) in [6.07, 6.45) is 3.19. The molecule has 1 fully saturated rings. The van der Waals surface area contributed by atoms with Crippen LogP contribution in [0.15, 0.2) is 0 Å². The number of aromatic nitrogens is 2. The van der Waals surface area contributed by atoms with Crippen LogP contribution in [0.25, 0.3) is 0 Å². The van der Waals surface area contributed by atoms with Gasteiger partial charge in [0.25, 0.3) is 0 Å². The molecule has 6 heteroatoms. The van der Waals surface area contributed by atoms with Gasteiger partial charge in [0.05, 0.1) is 25.4 Å². The Morgan fingerprint density at radius 3 is 2.62 bits per heavy atom. The van der Waals surface area contributed by atoms with E-state index in [2.05, 4.69) is 15.3 Å². The summed E-state index contributed by atoms with van der Waals surface area (Å²) in [5.74, 6) is 2.96. The topological polar surface area (TPSA) is 65.5 Å². The van der Waals surface area contributed by atoms with Gasteiger partial charge in [-0.25, -0.2) is 4.98 Å². The molecule has 0 amide bonds. The molecular formula is C15H25N3O3. The Kier molecular flexibility index (Phi) is 6.20. The Hall–Kier alpha value is -1.40. The minimum absolute atomic E-state index is 0.512. The molecule has 6 nitrogen and oxygen atoms in total. The van der Waals surface area contributed by atoms with E-state index in [9.17, 15) is 0 Å². The van der Waals surface area contributed by atoms with Crippen molar-refractivity contribution in [1.82, 2.24) is 9.97 Å². The van der Waals surface area contributed by atoms with Crippen LogP contribution in [0.1, 0.15) is 36.6 Å². The molecule has 1 aromatic heterocycles. The van der Waals surface area contributed by atoms with Crippen molar-refractivity contribution in [1.29, 1.82) is 0 Å². The van der Waals surface area contributed by atoms with Crippen LogP contribution in [0.3, 0.4) is 0 Å². The Balaban J connectivity index is 1.82. The zero-order chi connectivity index (χ0) is 15.1. The Morgan fingerprint density at radius 1 is 1.14 bits per heavy atom. The lowest BCUT2D eigenvalue weighted by Gasteiger charge is -2.13. The molecule has 1 N–H and O–H groups in total. The van der Waals surface area contributed by atoms with Gasteiger partial charge in [-0.1, -0.05) is 0 Å². The van der Waals surface area contributed by atoms with Gasteiger partial charge in [-0.3, -0.25) is 0 Å². The number of anilines is 1. The molecule has 1 aliphatic carbocycles. The second-order valence-corrected chi connectivity index (χ2v) is 5.19. The fraction of sp³-hybridized carbons (Fsp3) is 0.733. The number of hydrogen-bond acceptors (Lipinski definition) is 6. The van der Waals surface area contributed by atoms with E-state index in [1.807, 2.05) is 14.0 Å². The minimum atomic E-state index is 0.512. The summed E-state index contributed by atoms with van der Waals surface area (Å²) in [6, 6.07) is 0. The monoisotopic (exact) mass is 295 g/mol. The van der Waals surface area contributed by atoms with Crippen LogP contribution in [-0.4, -0.2) is 50.6 Å². The molecule has 0 spiro atoms. The summed E-state index contributed by atoms with van der Waals surface area (Å²) >= 11 is 0. The van der Waals surface area contributed by atoms with Gasteiger partial charge in [-0.2, -0.15) is 4.98 Å². The first-order chi connectivity index (χ1) is 10.3. The maximum atomic E-state index is 5.80. The van der Waals surface area contributed by atoms with Crippen molar-refractivity contribution < 1.29 is 14.2 Å². The molecule has 1 aromatic rings. The Labute approximate surface area is 126 Å². The fourth-order valence-electron chi connectivity index (χ4n) is 1.99. The SMILES string of the molecule is CNc1nc(C2CC2)nc(OCCCOCCOC)c1C. The lowest BCUT2D eigenvalue weighted by Crippen LogP contribution is -2.10. The van der Waals surface area contributed by atoms with E-state index in [0.717, 1.165) is 23.6 Å². The van der Waals surface area contributed by atoms with Gasteiger partial charge in [0.1, 0.15) is 11.6 Å². The van der Waals surface area contributed by atoms with E-state index in [0.29, 0.717) is 38.2 Å². The van der Waals surface area contributed by atoms with Gasteiger partial charge < -0.3 is 19.5 Å². The van der Waals surface area contributed by atoms with E-state index in [1.165, 1.54) is 12.8 Å². The molecule has 0 bridgehead atoms. The van der Waals surface area contributed by atoms with E-state index in [1.54, 1.807) is 7.11 Å². The number of methoxy groups -OCH3 is 1. The maximum Gasteiger partial charge on any atom is 0.221 e. The van der Waals surface area contributed by atoms with E-state index < -0.39 is 0 Å². The molecule has 1 heterocycles. The van der Waals surface area contributed by atoms with Gasteiger partial charge in [0.2, 0.25) is 5.88 Å². The molecule has 1 aliphatic rings. The predicted octanol–water partition coefficient (Wildman–Crippen LogP) is 2.14. The Morgan fingerprint density at radius 2 is 1.95 bits per heavy atom. The standard InChI is InChI=1S/C15H25N3O3/c1-11-13(16-2)17-14(12-5-6-12)18-15(11)21-8-4-7-20-10-9-19-3/h12H,4-10H2,1-3H3,(H,16,17,18). The highest BCUT2D eigenvalue weighted by Gasteiger charge is 2.28. The molecule has 2 rings (SSSR count). The molecule has 0 radical (unpaired) electrons. The summed E-state index contributed by atoms with van der Waals surface area (Å²) in [6.45, 7) is 4.49. The fourth-order valence-corrected chi connectivity index (χ4v) is 1.99. The first-order valence-electron chi connectivity index (χ1n) is 7.52. The second kappa shape index (κ2) is 8.14. The third-order valence-electron chi connectivity index (χ3n) is 3.40. The highest BCUT2D eigenvalue weighted by Crippen LogP contribution is 2.39. The van der Waals surface area contributed by atoms with Gasteiger partial charge in [0.15, 0.2) is 0 Å². The molecule has 0 saturated heterocycles. The molecule has 0 unspecified atom stereocenters. The average Bonchev–Trinajstić information content (AvgIpc) is 3.32. The zero-order valence-corrected chi connectivity index (χ0v) is 13.1. The first-order valence-corrected chi connectivity index (χ1v) is 7.52. The van der Waals surface area contributed by atoms with E-state index >= 15 is 0 Å². The predicted molar refractivity (Wildman–Crippen MR) is 81.1 cm³/mol. The lowest BCUT2D eigenvalue weighted by atomic mass is 10.3. The lowest BCUT2D eigenvalue weighted by molar-refractivity contribution is 0.0641. The van der Waals surface area contributed by atoms with Crippen LogP contribution >= 0.6 is 0 Å². The second-order valence-electron chi connectivity index (χ2n) is 5.19. The molecule has 21 heavy (non-hydrogen) atoms. The molecule has 0 atom stereocenters. The van der Waals surface area contributed by atoms with Gasteiger partial charge >= 0.3 is 0 Å². The van der Waals surface area contributed by atoms with Gasteiger partial charge in [0, 0.05) is 33.1 Å². The van der Waals surface area contributed by atoms with Crippen LogP contribution in [0.5, 0.6) is 5.88 Å². The molecular weight excluding hydrogens is 270 g/mol. The van der Waals surface area contributed by atoms with E-state index in [4.69, 9.17) is 14.2 Å². The molecule has 1 saturated carbocycles. The van der Waals surface area contributed by atoms with Crippen molar-refractivity contribution >= 4 is 5.82 Å². The quantitative estimate of drug-likeness (QED) is 0.667. The van der Waals surface area contributed by atoms with Crippen molar-refractivity contribution in [3.8, 4) is 5.88 Å². The van der Waals surface area contributed by atoms with Crippen LogP contribution in [0.2, 0.25) is 0 Å². The summed E-state index contributed by atoms with van der Waals surface area (Å²) in [4.78, 5) is 9.11. The Bertz CT molecular complexity index is 450. The summed E-state index contributed by atoms with van der Waals surface area (Å²) in [7, 11) is 3.54. The van der Waals surface area contributed by atoms with Crippen LogP contribution in [0, 0.1) is 6.92 Å². The minimum Gasteiger partial charge on any atom is -0.477 e. The van der Waals surface area contributed by atoms with Crippen LogP contribution in [0.4, 0.5) is 5.82 Å². The van der Waals surface area contributed by atoms with Crippen molar-refractivity contribution in [3.63, 3.8) is 0 Å². The largest absolute Gasteiger partial charge is 0.477 e. The zero-order valence-electron chi connectivity index (χ0n) is 13.1. The third kappa shape index (κ3) is 4.82. The van der Waals surface area contributed by atoms with Gasteiger partial charge in [-0.05, 0) is 19.8 Å². The maximum absolute atomic E-state index is 5.80. The highest BCUT2D eigenvalue weighted by atomic mass is 16.5. The molecule has 118 valence electrons. The van der Waals surface area contributed by atoms with Crippen molar-refractivity contribution in [2.75, 3.05) is 45.9 Å². The summed E-state index contributed by atoms with van der Waals surface area (Å²) in [5.41, 5.74) is 0.960. The highest BCUT2D eigenvalue weighted by molar-refractivity contribution is 5.48. The number of nitrogens with zero attached hydrogens (tertiary/aromatic N) is 2. The van der Waals surface area contributed by atoms with Crippen molar-refractivity contribution in [3.05, 3.63) is 11.4 Å². The summed E-state index contributed by atoms with van der Waals surface area (Å²) < 4.78 is 16.1. The number of ether oxygens (including phenoxy) is 3. The van der Waals surface area contributed by atoms with Crippen LogP contribution in [-0.2, 0) is 9.47 Å². The number of rotatable bonds is 10. The number of nitrogens with one attached hydrogen (secondary N) is 1. The molecule has 0 aliphatic heterocycles. The smallest absolute Gasteiger partial charge is 0.221 e. The first kappa shape index (κ1) is 16.0. The third-order valence-corrected chi connectivity index (χ3v) is 3.40.